The number of sulfone groups is 1. The Hall–Kier alpha value is -3.45. The van der Waals surface area contributed by atoms with Crippen LogP contribution >= 0.6 is 0 Å². The van der Waals surface area contributed by atoms with Crippen LogP contribution in [0.4, 0.5) is 5.69 Å². The van der Waals surface area contributed by atoms with Crippen molar-refractivity contribution in [3.63, 3.8) is 0 Å². The van der Waals surface area contributed by atoms with Gasteiger partial charge in [-0.25, -0.2) is 8.42 Å². The molecule has 1 aliphatic rings. The van der Waals surface area contributed by atoms with Gasteiger partial charge < -0.3 is 10.6 Å². The van der Waals surface area contributed by atoms with Gasteiger partial charge in [0.25, 0.3) is 11.8 Å². The van der Waals surface area contributed by atoms with E-state index in [1.165, 1.54) is 0 Å². The van der Waals surface area contributed by atoms with Crippen molar-refractivity contribution in [2.24, 2.45) is 0 Å². The molecule has 1 fully saturated rings. The van der Waals surface area contributed by atoms with Crippen LogP contribution in [0.15, 0.2) is 83.8 Å². The van der Waals surface area contributed by atoms with E-state index < -0.39 is 9.84 Å². The van der Waals surface area contributed by atoms with Crippen molar-refractivity contribution in [1.82, 2.24) is 5.32 Å². The topological polar surface area (TPSA) is 92.3 Å². The molecule has 7 heteroatoms. The zero-order valence-corrected chi connectivity index (χ0v) is 17.6. The van der Waals surface area contributed by atoms with E-state index >= 15 is 0 Å². The van der Waals surface area contributed by atoms with E-state index in [0.717, 1.165) is 12.8 Å². The maximum Gasteiger partial charge on any atom is 0.255 e. The second-order valence-electron chi connectivity index (χ2n) is 7.55. The molecule has 0 saturated heterocycles. The van der Waals surface area contributed by atoms with Gasteiger partial charge in [0.2, 0.25) is 0 Å². The van der Waals surface area contributed by atoms with Gasteiger partial charge in [-0.1, -0.05) is 30.3 Å². The largest absolute Gasteiger partial charge is 0.349 e. The van der Waals surface area contributed by atoms with Gasteiger partial charge in [-0.3, -0.25) is 9.59 Å². The maximum absolute atomic E-state index is 12.5. The predicted octanol–water partition coefficient (Wildman–Crippen LogP) is 3.81. The highest BCUT2D eigenvalue weighted by Crippen LogP contribution is 2.20. The highest BCUT2D eigenvalue weighted by Gasteiger charge is 2.23. The van der Waals surface area contributed by atoms with E-state index in [9.17, 15) is 18.0 Å². The molecule has 0 atom stereocenters. The SMILES string of the molecule is O=C(Nc1ccc(C(=O)NC2CC2)cc1)c1ccc(CS(=O)(=O)c2ccccc2)cc1. The molecule has 0 unspecified atom stereocenters. The molecule has 3 aromatic carbocycles. The highest BCUT2D eigenvalue weighted by atomic mass is 32.2. The van der Waals surface area contributed by atoms with Gasteiger partial charge in [0, 0.05) is 22.9 Å². The van der Waals surface area contributed by atoms with Crippen LogP contribution in [-0.2, 0) is 15.6 Å². The van der Waals surface area contributed by atoms with Crippen LogP contribution in [0.2, 0.25) is 0 Å². The molecule has 0 radical (unpaired) electrons. The average Bonchev–Trinajstić information content (AvgIpc) is 3.59. The standard InChI is InChI=1S/C24H22N2O4S/c27-23(25-20-12-10-19(11-13-20)24(28)26-21-14-15-21)18-8-6-17(7-9-18)16-31(29,30)22-4-2-1-3-5-22/h1-13,21H,14-16H2,(H,25,27)(H,26,28). The van der Waals surface area contributed by atoms with Gasteiger partial charge >= 0.3 is 0 Å². The van der Waals surface area contributed by atoms with E-state index in [-0.39, 0.29) is 28.5 Å². The number of carbonyl (C=O) groups is 2. The van der Waals surface area contributed by atoms with Crippen molar-refractivity contribution < 1.29 is 18.0 Å². The number of hydrogen-bond donors (Lipinski definition) is 2. The molecular formula is C24H22N2O4S. The van der Waals surface area contributed by atoms with E-state index in [1.54, 1.807) is 78.9 Å². The number of rotatable bonds is 7. The Morgan fingerprint density at radius 1 is 0.774 bits per heavy atom. The molecule has 1 saturated carbocycles. The third kappa shape index (κ3) is 5.38. The van der Waals surface area contributed by atoms with E-state index in [2.05, 4.69) is 10.6 Å². The van der Waals surface area contributed by atoms with Crippen LogP contribution < -0.4 is 10.6 Å². The van der Waals surface area contributed by atoms with Crippen LogP contribution in [0, 0.1) is 0 Å². The molecule has 2 N–H and O–H groups in total. The van der Waals surface area contributed by atoms with Crippen molar-refractivity contribution >= 4 is 27.3 Å². The van der Waals surface area contributed by atoms with Crippen LogP contribution in [-0.4, -0.2) is 26.3 Å². The molecular weight excluding hydrogens is 412 g/mol. The molecule has 3 aromatic rings. The Kier molecular flexibility index (Phi) is 5.86. The molecule has 158 valence electrons. The molecule has 0 bridgehead atoms. The Morgan fingerprint density at radius 2 is 1.35 bits per heavy atom. The third-order valence-corrected chi connectivity index (χ3v) is 6.70. The summed E-state index contributed by atoms with van der Waals surface area (Å²) in [4.78, 5) is 24.8. The fraction of sp³-hybridized carbons (Fsp3) is 0.167. The zero-order chi connectivity index (χ0) is 21.8. The Bertz CT molecular complexity index is 1180. The molecule has 1 aliphatic carbocycles. The van der Waals surface area contributed by atoms with Crippen molar-refractivity contribution in [3.8, 4) is 0 Å². The van der Waals surface area contributed by atoms with Crippen molar-refractivity contribution in [1.29, 1.82) is 0 Å². The first-order chi connectivity index (χ1) is 14.9. The first kappa shape index (κ1) is 20.8. The highest BCUT2D eigenvalue weighted by molar-refractivity contribution is 7.90. The van der Waals surface area contributed by atoms with Crippen LogP contribution in [0.5, 0.6) is 0 Å². The second kappa shape index (κ2) is 8.73. The predicted molar refractivity (Wildman–Crippen MR) is 119 cm³/mol. The van der Waals surface area contributed by atoms with Crippen LogP contribution in [0.25, 0.3) is 0 Å². The molecule has 2 amide bonds. The van der Waals surface area contributed by atoms with Crippen LogP contribution in [0.3, 0.4) is 0 Å². The number of carbonyl (C=O) groups excluding carboxylic acids is 2. The van der Waals surface area contributed by atoms with Crippen molar-refractivity contribution in [3.05, 3.63) is 95.6 Å². The molecule has 6 nitrogen and oxygen atoms in total. The Balaban J connectivity index is 1.37. The maximum atomic E-state index is 12.5. The number of benzene rings is 3. The lowest BCUT2D eigenvalue weighted by Gasteiger charge is -2.08. The lowest BCUT2D eigenvalue weighted by atomic mass is 10.1. The average molecular weight is 435 g/mol. The summed E-state index contributed by atoms with van der Waals surface area (Å²) >= 11 is 0. The summed E-state index contributed by atoms with van der Waals surface area (Å²) in [7, 11) is -3.44. The summed E-state index contributed by atoms with van der Waals surface area (Å²) in [5.74, 6) is -0.558. The minimum Gasteiger partial charge on any atom is -0.349 e. The summed E-state index contributed by atoms with van der Waals surface area (Å²) in [6.07, 6.45) is 2.05. The molecule has 0 heterocycles. The van der Waals surface area contributed by atoms with Gasteiger partial charge in [0.05, 0.1) is 10.6 Å². The van der Waals surface area contributed by atoms with E-state index in [4.69, 9.17) is 0 Å². The first-order valence-electron chi connectivity index (χ1n) is 10.00. The number of nitrogens with one attached hydrogen (secondary N) is 2. The number of hydrogen-bond acceptors (Lipinski definition) is 4. The molecule has 31 heavy (non-hydrogen) atoms. The van der Waals surface area contributed by atoms with Crippen molar-refractivity contribution in [2.75, 3.05) is 5.32 Å². The second-order valence-corrected chi connectivity index (χ2v) is 9.54. The Morgan fingerprint density at radius 3 is 1.97 bits per heavy atom. The molecule has 4 rings (SSSR count). The lowest BCUT2D eigenvalue weighted by molar-refractivity contribution is 0.0950. The van der Waals surface area contributed by atoms with Gasteiger partial charge in [-0.2, -0.15) is 0 Å². The Labute approximate surface area is 181 Å². The monoisotopic (exact) mass is 434 g/mol. The number of anilines is 1. The smallest absolute Gasteiger partial charge is 0.255 e. The minimum absolute atomic E-state index is 0.110. The summed E-state index contributed by atoms with van der Waals surface area (Å²) in [5, 5.41) is 5.70. The fourth-order valence-electron chi connectivity index (χ4n) is 3.09. The quantitative estimate of drug-likeness (QED) is 0.592. The minimum atomic E-state index is -3.44. The molecule has 0 spiro atoms. The van der Waals surface area contributed by atoms with E-state index in [1.807, 2.05) is 0 Å². The lowest BCUT2D eigenvalue weighted by Crippen LogP contribution is -2.25. The van der Waals surface area contributed by atoms with Gasteiger partial charge in [0.15, 0.2) is 9.84 Å². The summed E-state index contributed by atoms with van der Waals surface area (Å²) in [6.45, 7) is 0. The normalized spacial score (nSPS) is 13.4. The molecule has 0 aliphatic heterocycles. The fourth-order valence-corrected chi connectivity index (χ4v) is 4.46. The zero-order valence-electron chi connectivity index (χ0n) is 16.7. The molecule has 0 aromatic heterocycles. The summed E-state index contributed by atoms with van der Waals surface area (Å²) in [5.41, 5.74) is 2.14. The van der Waals surface area contributed by atoms with E-state index in [0.29, 0.717) is 22.4 Å². The summed E-state index contributed by atoms with van der Waals surface area (Å²) in [6, 6.07) is 21.7. The number of amides is 2. The first-order valence-corrected chi connectivity index (χ1v) is 11.6. The van der Waals surface area contributed by atoms with Gasteiger partial charge in [0.1, 0.15) is 0 Å². The van der Waals surface area contributed by atoms with Gasteiger partial charge in [-0.15, -0.1) is 0 Å². The van der Waals surface area contributed by atoms with Crippen LogP contribution in [0.1, 0.15) is 39.1 Å². The summed E-state index contributed by atoms with van der Waals surface area (Å²) < 4.78 is 25.0. The third-order valence-electron chi connectivity index (χ3n) is 4.99. The van der Waals surface area contributed by atoms with Crippen molar-refractivity contribution in [2.45, 2.75) is 29.5 Å². The van der Waals surface area contributed by atoms with Gasteiger partial charge in [-0.05, 0) is 66.9 Å².